The number of carbonyl (C=O) groups is 1. The average molecular weight is 166 g/mol. The van der Waals surface area contributed by atoms with Gasteiger partial charge in [-0.1, -0.05) is 0 Å². The van der Waals surface area contributed by atoms with Crippen molar-refractivity contribution in [3.05, 3.63) is 23.5 Å². The van der Waals surface area contributed by atoms with Gasteiger partial charge in [0, 0.05) is 18.8 Å². The topological polar surface area (TPSA) is 55.1 Å². The molecular formula is C8H10N2O2. The van der Waals surface area contributed by atoms with Crippen LogP contribution in [0.1, 0.15) is 12.6 Å². The molecule has 12 heavy (non-hydrogen) atoms. The Morgan fingerprint density at radius 2 is 2.42 bits per heavy atom. The molecule has 0 aromatic carbocycles. The molecule has 1 N–H and O–H groups in total. The molecule has 1 aromatic rings. The van der Waals surface area contributed by atoms with E-state index in [0.717, 1.165) is 0 Å². The standard InChI is InChI=1S/C8H10N2O2/c1-6(8(11)12)5-7-3-4-10(2)9-7/h3-5H,1-2H3,(H,11,12)/b6-5-. The average Bonchev–Trinajstić information content (AvgIpc) is 2.35. The van der Waals surface area contributed by atoms with Crippen LogP contribution in [0.4, 0.5) is 0 Å². The maximum atomic E-state index is 10.4. The Bertz CT molecular complexity index is 326. The van der Waals surface area contributed by atoms with Crippen LogP contribution in [0, 0.1) is 0 Å². The van der Waals surface area contributed by atoms with E-state index >= 15 is 0 Å². The zero-order valence-electron chi connectivity index (χ0n) is 6.98. The van der Waals surface area contributed by atoms with Crippen LogP contribution in [0.25, 0.3) is 6.08 Å². The lowest BCUT2D eigenvalue weighted by Crippen LogP contribution is -1.96. The van der Waals surface area contributed by atoms with E-state index in [-0.39, 0.29) is 5.57 Å². The van der Waals surface area contributed by atoms with Crippen LogP contribution in [0.3, 0.4) is 0 Å². The molecule has 0 bridgehead atoms. The number of aromatic nitrogens is 2. The van der Waals surface area contributed by atoms with Crippen molar-refractivity contribution in [2.45, 2.75) is 6.92 Å². The molecule has 0 saturated heterocycles. The third-order valence-corrected chi connectivity index (χ3v) is 1.44. The van der Waals surface area contributed by atoms with E-state index in [2.05, 4.69) is 5.10 Å². The predicted octanol–water partition coefficient (Wildman–Crippen LogP) is 0.908. The van der Waals surface area contributed by atoms with Gasteiger partial charge in [0.05, 0.1) is 5.69 Å². The first kappa shape index (κ1) is 8.52. The highest BCUT2D eigenvalue weighted by Gasteiger charge is 2.00. The first-order valence-corrected chi connectivity index (χ1v) is 3.51. The van der Waals surface area contributed by atoms with Crippen molar-refractivity contribution >= 4 is 12.0 Å². The lowest BCUT2D eigenvalue weighted by atomic mass is 10.2. The molecule has 4 nitrogen and oxygen atoms in total. The summed E-state index contributed by atoms with van der Waals surface area (Å²) in [5.74, 6) is -0.916. The highest BCUT2D eigenvalue weighted by atomic mass is 16.4. The second-order valence-corrected chi connectivity index (χ2v) is 2.55. The molecule has 0 amide bonds. The van der Waals surface area contributed by atoms with Crippen molar-refractivity contribution in [1.29, 1.82) is 0 Å². The Kier molecular flexibility index (Phi) is 2.28. The summed E-state index contributed by atoms with van der Waals surface area (Å²) in [4.78, 5) is 10.4. The quantitative estimate of drug-likeness (QED) is 0.664. The van der Waals surface area contributed by atoms with Crippen molar-refractivity contribution in [2.24, 2.45) is 7.05 Å². The van der Waals surface area contributed by atoms with E-state index in [1.54, 1.807) is 24.0 Å². The van der Waals surface area contributed by atoms with Crippen LogP contribution in [-0.4, -0.2) is 20.9 Å². The van der Waals surface area contributed by atoms with Gasteiger partial charge in [0.25, 0.3) is 0 Å². The molecule has 0 fully saturated rings. The van der Waals surface area contributed by atoms with Gasteiger partial charge in [0.15, 0.2) is 0 Å². The van der Waals surface area contributed by atoms with Gasteiger partial charge in [-0.2, -0.15) is 5.10 Å². The molecule has 0 aliphatic rings. The van der Waals surface area contributed by atoms with E-state index < -0.39 is 5.97 Å². The Balaban J connectivity index is 2.87. The Hall–Kier alpha value is -1.58. The van der Waals surface area contributed by atoms with Gasteiger partial charge in [0.1, 0.15) is 0 Å². The van der Waals surface area contributed by atoms with Crippen molar-refractivity contribution in [1.82, 2.24) is 9.78 Å². The third kappa shape index (κ3) is 1.95. The van der Waals surface area contributed by atoms with Crippen molar-refractivity contribution in [3.8, 4) is 0 Å². The lowest BCUT2D eigenvalue weighted by Gasteiger charge is -1.89. The van der Waals surface area contributed by atoms with Crippen molar-refractivity contribution in [3.63, 3.8) is 0 Å². The fourth-order valence-corrected chi connectivity index (χ4v) is 0.794. The molecular weight excluding hydrogens is 156 g/mol. The maximum absolute atomic E-state index is 10.4. The summed E-state index contributed by atoms with van der Waals surface area (Å²) in [6.07, 6.45) is 3.29. The molecule has 0 aliphatic heterocycles. The van der Waals surface area contributed by atoms with Crippen LogP contribution in [0.5, 0.6) is 0 Å². The Morgan fingerprint density at radius 3 is 2.83 bits per heavy atom. The molecule has 1 rings (SSSR count). The molecule has 4 heteroatoms. The number of rotatable bonds is 2. The fraction of sp³-hybridized carbons (Fsp3) is 0.250. The first-order valence-electron chi connectivity index (χ1n) is 3.51. The lowest BCUT2D eigenvalue weighted by molar-refractivity contribution is -0.132. The first-order chi connectivity index (χ1) is 5.59. The van der Waals surface area contributed by atoms with E-state index in [9.17, 15) is 4.79 Å². The number of carboxylic acids is 1. The molecule has 0 aliphatic carbocycles. The largest absolute Gasteiger partial charge is 0.478 e. The van der Waals surface area contributed by atoms with Crippen LogP contribution < -0.4 is 0 Å². The summed E-state index contributed by atoms with van der Waals surface area (Å²) in [6, 6.07) is 1.76. The number of hydrogen-bond acceptors (Lipinski definition) is 2. The van der Waals surface area contributed by atoms with Gasteiger partial charge in [0.2, 0.25) is 0 Å². The van der Waals surface area contributed by atoms with Gasteiger partial charge in [-0.05, 0) is 19.1 Å². The molecule has 0 spiro atoms. The molecule has 0 atom stereocenters. The molecule has 0 saturated carbocycles. The minimum absolute atomic E-state index is 0.286. The number of nitrogens with zero attached hydrogens (tertiary/aromatic N) is 2. The molecule has 1 aromatic heterocycles. The SMILES string of the molecule is C/C(=C/c1ccn(C)n1)C(=O)O. The smallest absolute Gasteiger partial charge is 0.331 e. The van der Waals surface area contributed by atoms with E-state index in [1.807, 2.05) is 0 Å². The van der Waals surface area contributed by atoms with E-state index in [4.69, 9.17) is 5.11 Å². The summed E-state index contributed by atoms with van der Waals surface area (Å²) in [5, 5.41) is 12.6. The van der Waals surface area contributed by atoms with Gasteiger partial charge >= 0.3 is 5.97 Å². The summed E-state index contributed by atoms with van der Waals surface area (Å²) < 4.78 is 1.63. The third-order valence-electron chi connectivity index (χ3n) is 1.44. The molecule has 0 radical (unpaired) electrons. The number of hydrogen-bond donors (Lipinski definition) is 1. The van der Waals surface area contributed by atoms with Gasteiger partial charge in [-0.15, -0.1) is 0 Å². The highest BCUT2D eigenvalue weighted by Crippen LogP contribution is 2.02. The number of aliphatic carboxylic acids is 1. The van der Waals surface area contributed by atoms with Crippen LogP contribution in [-0.2, 0) is 11.8 Å². The zero-order valence-corrected chi connectivity index (χ0v) is 6.98. The molecule has 1 heterocycles. The maximum Gasteiger partial charge on any atom is 0.331 e. The monoisotopic (exact) mass is 166 g/mol. The van der Waals surface area contributed by atoms with E-state index in [1.165, 1.54) is 13.0 Å². The number of carboxylic acid groups (broad SMARTS) is 1. The summed E-state index contributed by atoms with van der Waals surface area (Å²) in [5.41, 5.74) is 0.950. The molecule has 64 valence electrons. The van der Waals surface area contributed by atoms with Gasteiger partial charge < -0.3 is 5.11 Å². The predicted molar refractivity (Wildman–Crippen MR) is 44.5 cm³/mol. The van der Waals surface area contributed by atoms with E-state index in [0.29, 0.717) is 5.69 Å². The minimum atomic E-state index is -0.916. The second-order valence-electron chi connectivity index (χ2n) is 2.55. The van der Waals surface area contributed by atoms with Crippen molar-refractivity contribution < 1.29 is 9.90 Å². The van der Waals surface area contributed by atoms with Crippen molar-refractivity contribution in [2.75, 3.05) is 0 Å². The summed E-state index contributed by atoms with van der Waals surface area (Å²) >= 11 is 0. The Morgan fingerprint density at radius 1 is 1.75 bits per heavy atom. The number of aryl methyl sites for hydroxylation is 1. The minimum Gasteiger partial charge on any atom is -0.478 e. The van der Waals surface area contributed by atoms with Gasteiger partial charge in [-0.3, -0.25) is 4.68 Å². The normalized spacial score (nSPS) is 11.7. The van der Waals surface area contributed by atoms with Crippen LogP contribution in [0.15, 0.2) is 17.8 Å². The highest BCUT2D eigenvalue weighted by molar-refractivity contribution is 5.91. The second kappa shape index (κ2) is 3.21. The zero-order chi connectivity index (χ0) is 9.14. The Labute approximate surface area is 70.1 Å². The van der Waals surface area contributed by atoms with Crippen LogP contribution in [0.2, 0.25) is 0 Å². The fourth-order valence-electron chi connectivity index (χ4n) is 0.794. The van der Waals surface area contributed by atoms with Crippen LogP contribution >= 0.6 is 0 Å². The summed E-state index contributed by atoms with van der Waals surface area (Å²) in [7, 11) is 1.79. The van der Waals surface area contributed by atoms with Gasteiger partial charge in [-0.25, -0.2) is 4.79 Å². The summed E-state index contributed by atoms with van der Waals surface area (Å²) in [6.45, 7) is 1.54. The molecule has 0 unspecified atom stereocenters.